The highest BCUT2D eigenvalue weighted by atomic mass is 16.5. The number of carbonyl (C=O) groups is 2. The first-order valence-electron chi connectivity index (χ1n) is 13.1. The first-order chi connectivity index (χ1) is 15.1. The molecule has 0 aromatic heterocycles. The summed E-state index contributed by atoms with van der Waals surface area (Å²) in [6, 6.07) is 0. The molecule has 0 unspecified atom stereocenters. The van der Waals surface area contributed by atoms with Crippen LogP contribution in [0.4, 0.5) is 0 Å². The van der Waals surface area contributed by atoms with Gasteiger partial charge >= 0.3 is 11.9 Å². The topological polar surface area (TPSA) is 52.6 Å². The van der Waals surface area contributed by atoms with E-state index in [1.54, 1.807) is 0 Å². The van der Waals surface area contributed by atoms with Crippen molar-refractivity contribution in [3.05, 3.63) is 12.2 Å². The Kier molecular flexibility index (Phi) is 9.93. The van der Waals surface area contributed by atoms with Crippen LogP contribution in [0.15, 0.2) is 12.2 Å². The van der Waals surface area contributed by atoms with Crippen LogP contribution in [0.5, 0.6) is 0 Å². The third-order valence-corrected chi connectivity index (χ3v) is 7.89. The van der Waals surface area contributed by atoms with E-state index in [0.29, 0.717) is 18.6 Å². The minimum Gasteiger partial charge on any atom is -0.463 e. The molecule has 0 radical (unpaired) electrons. The van der Waals surface area contributed by atoms with Gasteiger partial charge in [-0.2, -0.15) is 0 Å². The van der Waals surface area contributed by atoms with E-state index in [1.165, 1.54) is 95.6 Å². The molecule has 0 aromatic rings. The molecule has 4 saturated carbocycles. The lowest BCUT2D eigenvalue weighted by Crippen LogP contribution is -2.46. The van der Waals surface area contributed by atoms with Gasteiger partial charge in [0.25, 0.3) is 0 Å². The molecule has 0 amide bonds. The second-order valence-corrected chi connectivity index (χ2v) is 10.7. The van der Waals surface area contributed by atoms with Crippen molar-refractivity contribution in [2.45, 2.75) is 110 Å². The molecule has 0 N–H and O–H groups in total. The van der Waals surface area contributed by atoms with Crippen LogP contribution < -0.4 is 0 Å². The van der Waals surface area contributed by atoms with Gasteiger partial charge in [0.1, 0.15) is 0 Å². The van der Waals surface area contributed by atoms with Crippen LogP contribution in [0.2, 0.25) is 0 Å². The average Bonchev–Trinajstić information content (AvgIpc) is 2.72. The molecule has 176 valence electrons. The first kappa shape index (κ1) is 24.3. The van der Waals surface area contributed by atoms with E-state index >= 15 is 0 Å². The molecule has 0 heterocycles. The summed E-state index contributed by atoms with van der Waals surface area (Å²) in [7, 11) is 0. The van der Waals surface area contributed by atoms with Crippen LogP contribution in [0.25, 0.3) is 0 Å². The minimum atomic E-state index is -0.447. The Bertz CT molecular complexity index is 559. The number of hydrogen-bond donors (Lipinski definition) is 0. The molecular formula is C27H44O4. The second kappa shape index (κ2) is 12.6. The van der Waals surface area contributed by atoms with Crippen LogP contribution in [-0.4, -0.2) is 25.2 Å². The first-order valence-corrected chi connectivity index (χ1v) is 13.1. The lowest BCUT2D eigenvalue weighted by molar-refractivity contribution is -0.142. The summed E-state index contributed by atoms with van der Waals surface area (Å²) in [6.07, 6.45) is 22.8. The van der Waals surface area contributed by atoms with E-state index in [4.69, 9.17) is 9.47 Å². The zero-order chi connectivity index (χ0) is 21.9. The number of carbonyl (C=O) groups excluding carboxylic acids is 2. The maximum absolute atomic E-state index is 12.0. The lowest BCUT2D eigenvalue weighted by Gasteiger charge is -2.57. The van der Waals surface area contributed by atoms with E-state index in [9.17, 15) is 9.59 Å². The zero-order valence-electron chi connectivity index (χ0n) is 19.7. The van der Waals surface area contributed by atoms with Gasteiger partial charge in [0.2, 0.25) is 0 Å². The molecule has 0 aromatic carbocycles. The lowest BCUT2D eigenvalue weighted by atomic mass is 9.49. The van der Waals surface area contributed by atoms with Crippen molar-refractivity contribution in [1.82, 2.24) is 0 Å². The van der Waals surface area contributed by atoms with E-state index in [2.05, 4.69) is 6.92 Å². The van der Waals surface area contributed by atoms with E-state index in [1.807, 2.05) is 0 Å². The normalized spacial score (nSPS) is 28.9. The Morgan fingerprint density at radius 3 is 1.68 bits per heavy atom. The second-order valence-electron chi connectivity index (χ2n) is 10.7. The smallest absolute Gasteiger partial charge is 0.331 e. The Morgan fingerprint density at radius 2 is 1.16 bits per heavy atom. The molecule has 0 spiro atoms. The predicted octanol–water partition coefficient (Wildman–Crippen LogP) is 6.77. The minimum absolute atomic E-state index is 0.424. The van der Waals surface area contributed by atoms with Crippen LogP contribution in [0.1, 0.15) is 110 Å². The molecule has 4 fully saturated rings. The molecule has 4 rings (SSSR count). The van der Waals surface area contributed by atoms with Crippen molar-refractivity contribution >= 4 is 11.9 Å². The number of unbranched alkanes of at least 4 members (excludes halogenated alkanes) is 8. The molecular weight excluding hydrogens is 388 g/mol. The Labute approximate surface area is 189 Å². The highest BCUT2D eigenvalue weighted by Gasteiger charge is 2.50. The van der Waals surface area contributed by atoms with Gasteiger partial charge < -0.3 is 9.47 Å². The van der Waals surface area contributed by atoms with Gasteiger partial charge in [-0.3, -0.25) is 0 Å². The summed E-state index contributed by atoms with van der Waals surface area (Å²) in [5, 5.41) is 0. The van der Waals surface area contributed by atoms with Gasteiger partial charge in [-0.25, -0.2) is 9.59 Å². The largest absolute Gasteiger partial charge is 0.463 e. The van der Waals surface area contributed by atoms with Crippen molar-refractivity contribution in [3.63, 3.8) is 0 Å². The summed E-state index contributed by atoms with van der Waals surface area (Å²) in [5.41, 5.74) is 0.424. The standard InChI is InChI=1S/C27H44O4/c1-2-3-4-5-6-7-8-9-10-14-30-25(28)11-12-26(29)31-15-13-27-19-22-16-23(20-27)18-24(17-22)21-27/h11-12,22-24H,2-10,13-21H2,1H3/b12-11+. The van der Waals surface area contributed by atoms with Crippen LogP contribution in [-0.2, 0) is 19.1 Å². The zero-order valence-corrected chi connectivity index (χ0v) is 19.7. The Balaban J connectivity index is 1.18. The summed E-state index contributed by atoms with van der Waals surface area (Å²) >= 11 is 0. The summed E-state index contributed by atoms with van der Waals surface area (Å²) in [5.74, 6) is 1.88. The van der Waals surface area contributed by atoms with Crippen molar-refractivity contribution < 1.29 is 19.1 Å². The molecule has 4 bridgehead atoms. The van der Waals surface area contributed by atoms with Crippen molar-refractivity contribution in [2.24, 2.45) is 23.2 Å². The summed E-state index contributed by atoms with van der Waals surface area (Å²) in [6.45, 7) is 3.14. The third kappa shape index (κ3) is 8.27. The Hall–Kier alpha value is -1.32. The van der Waals surface area contributed by atoms with Gasteiger partial charge in [-0.1, -0.05) is 58.3 Å². The molecule has 4 aliphatic rings. The molecule has 4 aliphatic carbocycles. The highest BCUT2D eigenvalue weighted by Crippen LogP contribution is 2.61. The number of hydrogen-bond acceptors (Lipinski definition) is 4. The maximum atomic E-state index is 12.0. The monoisotopic (exact) mass is 432 g/mol. The number of rotatable bonds is 15. The molecule has 0 saturated heterocycles. The van der Waals surface area contributed by atoms with Gasteiger partial charge in [-0.15, -0.1) is 0 Å². The van der Waals surface area contributed by atoms with E-state index < -0.39 is 11.9 Å². The fourth-order valence-corrected chi connectivity index (χ4v) is 6.78. The quantitative estimate of drug-likeness (QED) is 0.163. The maximum Gasteiger partial charge on any atom is 0.331 e. The van der Waals surface area contributed by atoms with Crippen LogP contribution >= 0.6 is 0 Å². The molecule has 0 aliphatic heterocycles. The Morgan fingerprint density at radius 1 is 0.710 bits per heavy atom. The van der Waals surface area contributed by atoms with Gasteiger partial charge in [0.05, 0.1) is 13.2 Å². The SMILES string of the molecule is CCCCCCCCCCCOC(=O)/C=C/C(=O)OCCC12CC3CC(CC(C3)C1)C2. The number of esters is 2. The predicted molar refractivity (Wildman–Crippen MR) is 124 cm³/mol. The van der Waals surface area contributed by atoms with E-state index in [-0.39, 0.29) is 0 Å². The molecule has 0 atom stereocenters. The van der Waals surface area contributed by atoms with Crippen molar-refractivity contribution in [3.8, 4) is 0 Å². The average molecular weight is 433 g/mol. The summed E-state index contributed by atoms with van der Waals surface area (Å²) in [4.78, 5) is 23.7. The van der Waals surface area contributed by atoms with E-state index in [0.717, 1.165) is 37.0 Å². The van der Waals surface area contributed by atoms with Crippen LogP contribution in [0.3, 0.4) is 0 Å². The highest BCUT2D eigenvalue weighted by molar-refractivity contribution is 5.91. The fraction of sp³-hybridized carbons (Fsp3) is 0.852. The molecule has 4 heteroatoms. The summed E-state index contributed by atoms with van der Waals surface area (Å²) < 4.78 is 10.6. The van der Waals surface area contributed by atoms with Gasteiger partial charge in [-0.05, 0) is 74.5 Å². The number of ether oxygens (including phenoxy) is 2. The molecule has 4 nitrogen and oxygen atoms in total. The van der Waals surface area contributed by atoms with Gasteiger partial charge in [0.15, 0.2) is 0 Å². The van der Waals surface area contributed by atoms with Crippen LogP contribution in [0, 0.1) is 23.2 Å². The fourth-order valence-electron chi connectivity index (χ4n) is 6.78. The third-order valence-electron chi connectivity index (χ3n) is 7.89. The van der Waals surface area contributed by atoms with Crippen molar-refractivity contribution in [2.75, 3.05) is 13.2 Å². The van der Waals surface area contributed by atoms with Gasteiger partial charge in [0, 0.05) is 12.2 Å². The molecule has 31 heavy (non-hydrogen) atoms. The van der Waals surface area contributed by atoms with Crippen molar-refractivity contribution in [1.29, 1.82) is 0 Å².